The van der Waals surface area contributed by atoms with Crippen LogP contribution in [-0.2, 0) is 0 Å². The summed E-state index contributed by atoms with van der Waals surface area (Å²) in [5, 5.41) is 12.0. The molecule has 17 heavy (non-hydrogen) atoms. The van der Waals surface area contributed by atoms with Crippen molar-refractivity contribution in [2.45, 2.75) is 18.8 Å². The van der Waals surface area contributed by atoms with Crippen molar-refractivity contribution in [1.82, 2.24) is 4.98 Å². The molecule has 0 atom stereocenters. The molecule has 4 heteroatoms. The molecule has 3 nitrogen and oxygen atoms in total. The molecule has 2 aromatic rings. The number of rotatable bonds is 3. The Kier molecular flexibility index (Phi) is 2.54. The van der Waals surface area contributed by atoms with Crippen molar-refractivity contribution < 1.29 is 4.42 Å². The minimum absolute atomic E-state index is 0.600. The molecule has 0 unspecified atom stereocenters. The Morgan fingerprint density at radius 1 is 1.59 bits per heavy atom. The second-order valence-electron chi connectivity index (χ2n) is 4.08. The van der Waals surface area contributed by atoms with E-state index in [2.05, 4.69) is 16.4 Å². The zero-order valence-electron chi connectivity index (χ0n) is 9.09. The van der Waals surface area contributed by atoms with E-state index in [1.165, 1.54) is 24.2 Å². The average Bonchev–Trinajstić information content (AvgIpc) is 2.89. The maximum absolute atomic E-state index is 9.16. The topological polar surface area (TPSA) is 49.8 Å². The summed E-state index contributed by atoms with van der Waals surface area (Å²) in [6.07, 6.45) is 7.48. The Labute approximate surface area is 103 Å². The Morgan fingerprint density at radius 2 is 2.47 bits per heavy atom. The van der Waals surface area contributed by atoms with Crippen molar-refractivity contribution in [1.29, 1.82) is 5.26 Å². The molecule has 2 aromatic heterocycles. The van der Waals surface area contributed by atoms with Crippen LogP contribution < -0.4 is 0 Å². The number of nitriles is 1. The Morgan fingerprint density at radius 3 is 3.12 bits per heavy atom. The summed E-state index contributed by atoms with van der Waals surface area (Å²) in [5.74, 6) is 0.633. The molecule has 0 saturated heterocycles. The summed E-state index contributed by atoms with van der Waals surface area (Å²) in [5.41, 5.74) is 2.63. The van der Waals surface area contributed by atoms with Gasteiger partial charge in [0.15, 0.2) is 0 Å². The lowest BCUT2D eigenvalue weighted by molar-refractivity contribution is 0.567. The van der Waals surface area contributed by atoms with Crippen LogP contribution in [0.2, 0.25) is 0 Å². The molecule has 1 saturated carbocycles. The standard InChI is InChI=1S/C13H10N2OS/c14-6-11(5-9-3-4-16-7-9)13-15-12(8-17-13)10-1-2-10/h3-5,7-8,10H,1-2H2. The highest BCUT2D eigenvalue weighted by atomic mass is 32.1. The van der Waals surface area contributed by atoms with E-state index in [-0.39, 0.29) is 0 Å². The van der Waals surface area contributed by atoms with Gasteiger partial charge in [-0.05, 0) is 25.0 Å². The summed E-state index contributed by atoms with van der Waals surface area (Å²) >= 11 is 1.54. The fourth-order valence-corrected chi connectivity index (χ4v) is 2.51. The second-order valence-corrected chi connectivity index (χ2v) is 4.94. The number of furan rings is 1. The van der Waals surface area contributed by atoms with Gasteiger partial charge in [-0.3, -0.25) is 0 Å². The lowest BCUT2D eigenvalue weighted by Gasteiger charge is -1.91. The largest absolute Gasteiger partial charge is 0.472 e. The van der Waals surface area contributed by atoms with E-state index >= 15 is 0 Å². The summed E-state index contributed by atoms with van der Waals surface area (Å²) in [4.78, 5) is 4.52. The van der Waals surface area contributed by atoms with Crippen LogP contribution in [0.1, 0.15) is 35.0 Å². The van der Waals surface area contributed by atoms with Gasteiger partial charge in [0, 0.05) is 16.9 Å². The molecule has 2 heterocycles. The molecule has 0 aromatic carbocycles. The van der Waals surface area contributed by atoms with Gasteiger partial charge in [0.25, 0.3) is 0 Å². The van der Waals surface area contributed by atoms with E-state index in [1.54, 1.807) is 18.6 Å². The molecule has 0 aliphatic heterocycles. The third-order valence-corrected chi connectivity index (χ3v) is 3.62. The van der Waals surface area contributed by atoms with Crippen LogP contribution in [0, 0.1) is 11.3 Å². The van der Waals surface area contributed by atoms with Crippen LogP contribution in [0.25, 0.3) is 11.6 Å². The third-order valence-electron chi connectivity index (χ3n) is 2.72. The first-order valence-electron chi connectivity index (χ1n) is 5.46. The molecule has 84 valence electrons. The average molecular weight is 242 g/mol. The Balaban J connectivity index is 1.91. The van der Waals surface area contributed by atoms with Crippen molar-refractivity contribution in [3.63, 3.8) is 0 Å². The molecule has 1 aliphatic rings. The number of aromatic nitrogens is 1. The van der Waals surface area contributed by atoms with E-state index in [0.29, 0.717) is 11.5 Å². The predicted octanol–water partition coefficient (Wildman–Crippen LogP) is 3.68. The number of thiazole rings is 1. The van der Waals surface area contributed by atoms with Crippen LogP contribution in [0.15, 0.2) is 28.4 Å². The minimum atomic E-state index is 0.600. The number of hydrogen-bond acceptors (Lipinski definition) is 4. The zero-order chi connectivity index (χ0) is 11.7. The smallest absolute Gasteiger partial charge is 0.134 e. The van der Waals surface area contributed by atoms with E-state index < -0.39 is 0 Å². The van der Waals surface area contributed by atoms with E-state index in [9.17, 15) is 0 Å². The summed E-state index contributed by atoms with van der Waals surface area (Å²) in [6, 6.07) is 4.02. The number of nitrogens with zero attached hydrogens (tertiary/aromatic N) is 2. The summed E-state index contributed by atoms with van der Waals surface area (Å²) < 4.78 is 4.98. The van der Waals surface area contributed by atoms with E-state index in [0.717, 1.165) is 16.3 Å². The van der Waals surface area contributed by atoms with Gasteiger partial charge in [-0.2, -0.15) is 5.26 Å². The van der Waals surface area contributed by atoms with Gasteiger partial charge in [0.1, 0.15) is 11.1 Å². The van der Waals surface area contributed by atoms with Gasteiger partial charge in [-0.25, -0.2) is 4.98 Å². The van der Waals surface area contributed by atoms with Gasteiger partial charge in [-0.1, -0.05) is 0 Å². The quantitative estimate of drug-likeness (QED) is 0.771. The Bertz CT molecular complexity index is 585. The summed E-state index contributed by atoms with van der Waals surface area (Å²) in [6.45, 7) is 0. The van der Waals surface area contributed by atoms with Gasteiger partial charge in [0.2, 0.25) is 0 Å². The molecule has 0 bridgehead atoms. The molecule has 0 N–H and O–H groups in total. The molecule has 0 spiro atoms. The highest BCUT2D eigenvalue weighted by Gasteiger charge is 2.26. The maximum Gasteiger partial charge on any atom is 0.134 e. The van der Waals surface area contributed by atoms with Gasteiger partial charge in [0.05, 0.1) is 23.8 Å². The third kappa shape index (κ3) is 2.15. The normalized spacial score (nSPS) is 15.8. The Hall–Kier alpha value is -1.86. The molecular formula is C13H10N2OS. The molecule has 1 aliphatic carbocycles. The van der Waals surface area contributed by atoms with Crippen molar-refractivity contribution in [3.8, 4) is 6.07 Å². The van der Waals surface area contributed by atoms with Crippen LogP contribution in [-0.4, -0.2) is 4.98 Å². The van der Waals surface area contributed by atoms with Crippen molar-refractivity contribution in [2.24, 2.45) is 0 Å². The molecule has 0 amide bonds. The minimum Gasteiger partial charge on any atom is -0.472 e. The van der Waals surface area contributed by atoms with Crippen molar-refractivity contribution in [3.05, 3.63) is 40.2 Å². The lowest BCUT2D eigenvalue weighted by Crippen LogP contribution is -1.83. The van der Waals surface area contributed by atoms with Crippen molar-refractivity contribution >= 4 is 23.0 Å². The second kappa shape index (κ2) is 4.19. The molecule has 0 radical (unpaired) electrons. The van der Waals surface area contributed by atoms with E-state index in [4.69, 9.17) is 9.68 Å². The molecule has 3 rings (SSSR count). The van der Waals surface area contributed by atoms with Crippen LogP contribution in [0.3, 0.4) is 0 Å². The first kappa shape index (κ1) is 10.3. The number of allylic oxidation sites excluding steroid dienone is 1. The number of hydrogen-bond donors (Lipinski definition) is 0. The first-order valence-corrected chi connectivity index (χ1v) is 6.34. The monoisotopic (exact) mass is 242 g/mol. The van der Waals surface area contributed by atoms with Gasteiger partial charge < -0.3 is 4.42 Å². The molecule has 1 fully saturated rings. The van der Waals surface area contributed by atoms with Crippen molar-refractivity contribution in [2.75, 3.05) is 0 Å². The van der Waals surface area contributed by atoms with Crippen LogP contribution in [0.4, 0.5) is 0 Å². The predicted molar refractivity (Wildman–Crippen MR) is 66.3 cm³/mol. The van der Waals surface area contributed by atoms with Gasteiger partial charge in [-0.15, -0.1) is 11.3 Å². The fraction of sp³-hybridized carbons (Fsp3) is 0.231. The molecular weight excluding hydrogens is 232 g/mol. The highest BCUT2D eigenvalue weighted by molar-refractivity contribution is 7.11. The van der Waals surface area contributed by atoms with Crippen LogP contribution >= 0.6 is 11.3 Å². The van der Waals surface area contributed by atoms with E-state index in [1.807, 2.05) is 6.07 Å². The lowest BCUT2D eigenvalue weighted by atomic mass is 10.2. The SMILES string of the molecule is N#CC(=Cc1ccoc1)c1nc(C2CC2)cs1. The van der Waals surface area contributed by atoms with Gasteiger partial charge >= 0.3 is 0 Å². The first-order chi connectivity index (χ1) is 8.36. The van der Waals surface area contributed by atoms with Crippen LogP contribution in [0.5, 0.6) is 0 Å². The fourth-order valence-electron chi connectivity index (χ4n) is 1.64. The highest BCUT2D eigenvalue weighted by Crippen LogP contribution is 2.40. The zero-order valence-corrected chi connectivity index (χ0v) is 9.91. The maximum atomic E-state index is 9.16. The summed E-state index contributed by atoms with van der Waals surface area (Å²) in [7, 11) is 0.